The van der Waals surface area contributed by atoms with Crippen LogP contribution in [0.5, 0.6) is 0 Å². The van der Waals surface area contributed by atoms with E-state index in [-0.39, 0.29) is 0 Å². The van der Waals surface area contributed by atoms with Gasteiger partial charge >= 0.3 is 0 Å². The van der Waals surface area contributed by atoms with Crippen LogP contribution in [0.25, 0.3) is 0 Å². The molecular weight excluding hydrogens is 134 g/mol. The largest absolute Gasteiger partial charge is 0.320 e. The normalized spacial score (nSPS) is 8.73. The molecule has 0 aromatic carbocycles. The molecule has 0 rings (SSSR count). The summed E-state index contributed by atoms with van der Waals surface area (Å²) in [6, 6.07) is 0. The first-order valence-electron chi connectivity index (χ1n) is 4.97. The molecule has 0 bridgehead atoms. The SMILES string of the molecule is CCCCCC.CCCNC. The molecule has 0 radical (unpaired) electrons. The van der Waals surface area contributed by atoms with E-state index in [0.29, 0.717) is 0 Å². The van der Waals surface area contributed by atoms with Crippen LogP contribution in [0.3, 0.4) is 0 Å². The van der Waals surface area contributed by atoms with Crippen molar-refractivity contribution in [2.45, 2.75) is 52.9 Å². The highest BCUT2D eigenvalue weighted by atomic mass is 14.8. The van der Waals surface area contributed by atoms with E-state index in [9.17, 15) is 0 Å². The minimum Gasteiger partial charge on any atom is -0.320 e. The standard InChI is InChI=1S/C6H14.C4H11N/c1-3-5-6-4-2;1-3-4-5-2/h3-6H2,1-2H3;5H,3-4H2,1-2H3. The van der Waals surface area contributed by atoms with Crippen LogP contribution in [-0.2, 0) is 0 Å². The van der Waals surface area contributed by atoms with Crippen molar-refractivity contribution in [1.82, 2.24) is 5.32 Å². The van der Waals surface area contributed by atoms with Crippen molar-refractivity contribution in [2.24, 2.45) is 0 Å². The molecule has 0 spiro atoms. The van der Waals surface area contributed by atoms with Crippen molar-refractivity contribution in [3.63, 3.8) is 0 Å². The minimum absolute atomic E-state index is 1.14. The Labute approximate surface area is 72.6 Å². The topological polar surface area (TPSA) is 12.0 Å². The number of rotatable bonds is 5. The Morgan fingerprint density at radius 1 is 0.818 bits per heavy atom. The van der Waals surface area contributed by atoms with Crippen molar-refractivity contribution < 1.29 is 0 Å². The molecule has 0 aliphatic heterocycles. The van der Waals surface area contributed by atoms with E-state index in [4.69, 9.17) is 0 Å². The second kappa shape index (κ2) is 16.5. The van der Waals surface area contributed by atoms with Gasteiger partial charge < -0.3 is 5.32 Å². The monoisotopic (exact) mass is 159 g/mol. The zero-order chi connectivity index (χ0) is 8.95. The molecule has 0 aliphatic rings. The quantitative estimate of drug-likeness (QED) is 0.607. The summed E-state index contributed by atoms with van der Waals surface area (Å²) in [5.41, 5.74) is 0. The molecule has 0 aromatic rings. The summed E-state index contributed by atoms with van der Waals surface area (Å²) in [6.07, 6.45) is 6.77. The van der Waals surface area contributed by atoms with Crippen molar-refractivity contribution in [2.75, 3.05) is 13.6 Å². The van der Waals surface area contributed by atoms with Gasteiger partial charge in [-0.2, -0.15) is 0 Å². The predicted octanol–water partition coefficient (Wildman–Crippen LogP) is 3.20. The zero-order valence-corrected chi connectivity index (χ0v) is 8.74. The fourth-order valence-electron chi connectivity index (χ4n) is 0.750. The Morgan fingerprint density at radius 2 is 1.27 bits per heavy atom. The van der Waals surface area contributed by atoms with Gasteiger partial charge in [0.05, 0.1) is 0 Å². The summed E-state index contributed by atoms with van der Waals surface area (Å²) < 4.78 is 0. The van der Waals surface area contributed by atoms with E-state index in [0.717, 1.165) is 6.54 Å². The molecule has 0 atom stereocenters. The number of nitrogens with one attached hydrogen (secondary N) is 1. The number of hydrogen-bond acceptors (Lipinski definition) is 1. The van der Waals surface area contributed by atoms with Crippen LogP contribution in [0, 0.1) is 0 Å². The summed E-state index contributed by atoms with van der Waals surface area (Å²) in [7, 11) is 1.96. The number of unbranched alkanes of at least 4 members (excludes halogenated alkanes) is 3. The number of hydrogen-bond donors (Lipinski definition) is 1. The summed E-state index contributed by atoms with van der Waals surface area (Å²) in [5.74, 6) is 0. The van der Waals surface area contributed by atoms with Gasteiger partial charge in [0.25, 0.3) is 0 Å². The van der Waals surface area contributed by atoms with Crippen LogP contribution >= 0.6 is 0 Å². The van der Waals surface area contributed by atoms with Crippen LogP contribution in [0.15, 0.2) is 0 Å². The lowest BCUT2D eigenvalue weighted by atomic mass is 10.2. The lowest BCUT2D eigenvalue weighted by Crippen LogP contribution is -2.04. The first kappa shape index (κ1) is 13.5. The van der Waals surface area contributed by atoms with Crippen LogP contribution in [-0.4, -0.2) is 13.6 Å². The maximum atomic E-state index is 3.02. The summed E-state index contributed by atoms with van der Waals surface area (Å²) in [5, 5.41) is 3.02. The van der Waals surface area contributed by atoms with Gasteiger partial charge in [-0.15, -0.1) is 0 Å². The second-order valence-corrected chi connectivity index (χ2v) is 2.81. The van der Waals surface area contributed by atoms with Crippen LogP contribution in [0.1, 0.15) is 52.9 Å². The third kappa shape index (κ3) is 25.7. The zero-order valence-electron chi connectivity index (χ0n) is 8.74. The molecule has 0 aliphatic carbocycles. The molecular formula is C10H25N. The van der Waals surface area contributed by atoms with Gasteiger partial charge in [-0.3, -0.25) is 0 Å². The van der Waals surface area contributed by atoms with Gasteiger partial charge in [0.1, 0.15) is 0 Å². The second-order valence-electron chi connectivity index (χ2n) is 2.81. The maximum absolute atomic E-state index is 3.02. The van der Waals surface area contributed by atoms with Gasteiger partial charge in [-0.25, -0.2) is 0 Å². The lowest BCUT2D eigenvalue weighted by molar-refractivity contribution is 0.702. The molecule has 0 heterocycles. The average molecular weight is 159 g/mol. The van der Waals surface area contributed by atoms with Gasteiger partial charge in [0, 0.05) is 0 Å². The molecule has 11 heavy (non-hydrogen) atoms. The smallest absolute Gasteiger partial charge is 0.00546 e. The molecule has 0 amide bonds. The predicted molar refractivity (Wildman–Crippen MR) is 54.0 cm³/mol. The third-order valence-corrected chi connectivity index (χ3v) is 1.46. The van der Waals surface area contributed by atoms with Crippen molar-refractivity contribution in [1.29, 1.82) is 0 Å². The van der Waals surface area contributed by atoms with Crippen molar-refractivity contribution in [3.8, 4) is 0 Å². The Hall–Kier alpha value is -0.0400. The van der Waals surface area contributed by atoms with Crippen LogP contribution in [0.2, 0.25) is 0 Å². The molecule has 0 aromatic heterocycles. The van der Waals surface area contributed by atoms with Gasteiger partial charge in [-0.1, -0.05) is 46.5 Å². The van der Waals surface area contributed by atoms with Crippen LogP contribution in [0.4, 0.5) is 0 Å². The fraction of sp³-hybridized carbons (Fsp3) is 1.00. The van der Waals surface area contributed by atoms with E-state index < -0.39 is 0 Å². The van der Waals surface area contributed by atoms with E-state index in [1.165, 1.54) is 32.1 Å². The van der Waals surface area contributed by atoms with Crippen LogP contribution < -0.4 is 5.32 Å². The van der Waals surface area contributed by atoms with Gasteiger partial charge in [0.2, 0.25) is 0 Å². The van der Waals surface area contributed by atoms with Gasteiger partial charge in [-0.05, 0) is 20.0 Å². The van der Waals surface area contributed by atoms with E-state index >= 15 is 0 Å². The Balaban J connectivity index is 0. The summed E-state index contributed by atoms with van der Waals surface area (Å²) in [6.45, 7) is 7.75. The van der Waals surface area contributed by atoms with E-state index in [2.05, 4.69) is 26.1 Å². The van der Waals surface area contributed by atoms with Gasteiger partial charge in [0.15, 0.2) is 0 Å². The van der Waals surface area contributed by atoms with Crippen molar-refractivity contribution >= 4 is 0 Å². The molecule has 1 N–H and O–H groups in total. The van der Waals surface area contributed by atoms with E-state index in [1.54, 1.807) is 0 Å². The average Bonchev–Trinajstić information content (AvgIpc) is 2.04. The first-order valence-corrected chi connectivity index (χ1v) is 4.97. The van der Waals surface area contributed by atoms with E-state index in [1.807, 2.05) is 7.05 Å². The highest BCUT2D eigenvalue weighted by Gasteiger charge is 1.75. The Morgan fingerprint density at radius 3 is 1.36 bits per heavy atom. The summed E-state index contributed by atoms with van der Waals surface area (Å²) >= 11 is 0. The highest BCUT2D eigenvalue weighted by molar-refractivity contribution is 4.31. The Kier molecular flexibility index (Phi) is 20.3. The first-order chi connectivity index (χ1) is 5.33. The molecule has 0 saturated heterocycles. The summed E-state index contributed by atoms with van der Waals surface area (Å²) in [4.78, 5) is 0. The molecule has 0 saturated carbocycles. The highest BCUT2D eigenvalue weighted by Crippen LogP contribution is 1.95. The maximum Gasteiger partial charge on any atom is -0.00546 e. The fourth-order valence-corrected chi connectivity index (χ4v) is 0.750. The molecule has 1 heteroatoms. The third-order valence-electron chi connectivity index (χ3n) is 1.46. The Bertz CT molecular complexity index is 38.1. The minimum atomic E-state index is 1.14. The lowest BCUT2D eigenvalue weighted by Gasteiger charge is -1.86. The molecule has 70 valence electrons. The molecule has 0 unspecified atom stereocenters. The molecule has 0 fully saturated rings. The molecule has 1 nitrogen and oxygen atoms in total. The van der Waals surface area contributed by atoms with Crippen molar-refractivity contribution in [3.05, 3.63) is 0 Å².